The summed E-state index contributed by atoms with van der Waals surface area (Å²) in [6, 6.07) is 6.80. The molecule has 2 N–H and O–H groups in total. The Labute approximate surface area is 101 Å². The van der Waals surface area contributed by atoms with Crippen LogP contribution in [0.2, 0.25) is 0 Å². The van der Waals surface area contributed by atoms with E-state index in [1.54, 1.807) is 12.1 Å². The van der Waals surface area contributed by atoms with E-state index in [4.69, 9.17) is 10.5 Å². The highest BCUT2D eigenvalue weighted by Gasteiger charge is 2.20. The number of rotatable bonds is 3. The molecule has 0 radical (unpaired) electrons. The lowest BCUT2D eigenvalue weighted by molar-refractivity contribution is 0.132. The van der Waals surface area contributed by atoms with Gasteiger partial charge in [-0.1, -0.05) is 12.1 Å². The lowest BCUT2D eigenvalue weighted by Crippen LogP contribution is -2.35. The smallest absolute Gasteiger partial charge is 0.123 e. The van der Waals surface area contributed by atoms with Crippen molar-refractivity contribution in [1.29, 1.82) is 0 Å². The minimum Gasteiger partial charge on any atom is -0.380 e. The highest BCUT2D eigenvalue weighted by atomic mass is 19.1. The van der Waals surface area contributed by atoms with Gasteiger partial charge in [0.25, 0.3) is 0 Å². The van der Waals surface area contributed by atoms with Gasteiger partial charge < -0.3 is 10.5 Å². The lowest BCUT2D eigenvalue weighted by atomic mass is 10.0. The van der Waals surface area contributed by atoms with Crippen LogP contribution in [0.25, 0.3) is 0 Å². The molecule has 3 nitrogen and oxygen atoms in total. The van der Waals surface area contributed by atoms with Crippen molar-refractivity contribution in [2.45, 2.75) is 12.5 Å². The van der Waals surface area contributed by atoms with E-state index in [0.717, 1.165) is 38.3 Å². The van der Waals surface area contributed by atoms with E-state index < -0.39 is 0 Å². The second kappa shape index (κ2) is 6.10. The zero-order chi connectivity index (χ0) is 12.1. The first-order chi connectivity index (χ1) is 8.31. The SMILES string of the molecule is NCC(c1cccc(F)c1)N1CCCOCC1. The van der Waals surface area contributed by atoms with Crippen LogP contribution < -0.4 is 5.73 Å². The van der Waals surface area contributed by atoms with E-state index in [2.05, 4.69) is 4.90 Å². The summed E-state index contributed by atoms with van der Waals surface area (Å²) in [5.74, 6) is -0.202. The van der Waals surface area contributed by atoms with Crippen LogP contribution in [0.1, 0.15) is 18.0 Å². The van der Waals surface area contributed by atoms with Gasteiger partial charge in [-0.25, -0.2) is 4.39 Å². The van der Waals surface area contributed by atoms with Gasteiger partial charge in [0.15, 0.2) is 0 Å². The van der Waals surface area contributed by atoms with Crippen LogP contribution in [-0.2, 0) is 4.74 Å². The summed E-state index contributed by atoms with van der Waals surface area (Å²) in [6.07, 6.45) is 1.01. The van der Waals surface area contributed by atoms with Crippen LogP contribution in [0, 0.1) is 5.82 Å². The molecule has 2 rings (SSSR count). The molecule has 1 atom stereocenters. The van der Waals surface area contributed by atoms with Gasteiger partial charge in [0.05, 0.1) is 6.61 Å². The Bertz CT molecular complexity index is 351. The van der Waals surface area contributed by atoms with Gasteiger partial charge in [0.2, 0.25) is 0 Å². The molecule has 4 heteroatoms. The Hall–Kier alpha value is -0.970. The number of ether oxygens (including phenoxy) is 1. The summed E-state index contributed by atoms with van der Waals surface area (Å²) in [5, 5.41) is 0. The fourth-order valence-corrected chi connectivity index (χ4v) is 2.29. The molecule has 0 saturated carbocycles. The maximum Gasteiger partial charge on any atom is 0.123 e. The first kappa shape index (κ1) is 12.5. The zero-order valence-corrected chi connectivity index (χ0v) is 9.94. The van der Waals surface area contributed by atoms with Crippen LogP contribution in [0.4, 0.5) is 4.39 Å². The fourth-order valence-electron chi connectivity index (χ4n) is 2.29. The molecule has 1 saturated heterocycles. The normalized spacial score (nSPS) is 19.9. The van der Waals surface area contributed by atoms with Crippen LogP contribution >= 0.6 is 0 Å². The molecule has 1 aromatic rings. The average Bonchev–Trinajstić information content (AvgIpc) is 2.59. The third kappa shape index (κ3) is 3.25. The monoisotopic (exact) mass is 238 g/mol. The predicted molar refractivity (Wildman–Crippen MR) is 65.2 cm³/mol. The number of nitrogens with zero attached hydrogens (tertiary/aromatic N) is 1. The molecule has 0 aromatic heterocycles. The molecule has 0 spiro atoms. The Morgan fingerprint density at radius 1 is 1.35 bits per heavy atom. The van der Waals surface area contributed by atoms with Crippen LogP contribution in [0.15, 0.2) is 24.3 Å². The van der Waals surface area contributed by atoms with Crippen molar-refractivity contribution in [2.24, 2.45) is 5.73 Å². The lowest BCUT2D eigenvalue weighted by Gasteiger charge is -2.29. The van der Waals surface area contributed by atoms with Crippen molar-refractivity contribution in [2.75, 3.05) is 32.8 Å². The quantitative estimate of drug-likeness (QED) is 0.868. The number of hydrogen-bond acceptors (Lipinski definition) is 3. The van der Waals surface area contributed by atoms with Crippen LogP contribution in [0.3, 0.4) is 0 Å². The first-order valence-electron chi connectivity index (χ1n) is 6.08. The molecule has 1 fully saturated rings. The molecule has 0 aliphatic carbocycles. The Balaban J connectivity index is 2.14. The van der Waals surface area contributed by atoms with Crippen LogP contribution in [-0.4, -0.2) is 37.7 Å². The van der Waals surface area contributed by atoms with Crippen LogP contribution in [0.5, 0.6) is 0 Å². The summed E-state index contributed by atoms with van der Waals surface area (Å²) in [4.78, 5) is 2.28. The maximum absolute atomic E-state index is 13.2. The third-order valence-corrected chi connectivity index (χ3v) is 3.15. The van der Waals surface area contributed by atoms with Crippen molar-refractivity contribution < 1.29 is 9.13 Å². The van der Waals surface area contributed by atoms with Gasteiger partial charge in [-0.2, -0.15) is 0 Å². The van der Waals surface area contributed by atoms with Crippen molar-refractivity contribution in [3.63, 3.8) is 0 Å². The molecule has 1 heterocycles. The molecule has 1 aromatic carbocycles. The second-order valence-electron chi connectivity index (χ2n) is 4.31. The number of halogens is 1. The second-order valence-corrected chi connectivity index (χ2v) is 4.31. The predicted octanol–water partition coefficient (Wildman–Crippen LogP) is 1.55. The number of nitrogens with two attached hydrogens (primary N) is 1. The molecule has 1 aliphatic rings. The molecule has 0 bridgehead atoms. The largest absolute Gasteiger partial charge is 0.380 e. The van der Waals surface area contributed by atoms with Gasteiger partial charge in [-0.05, 0) is 24.1 Å². The van der Waals surface area contributed by atoms with E-state index >= 15 is 0 Å². The van der Waals surface area contributed by atoms with E-state index in [0.29, 0.717) is 6.54 Å². The third-order valence-electron chi connectivity index (χ3n) is 3.15. The van der Waals surface area contributed by atoms with Crippen molar-refractivity contribution >= 4 is 0 Å². The maximum atomic E-state index is 13.2. The summed E-state index contributed by atoms with van der Waals surface area (Å²) < 4.78 is 18.6. The van der Waals surface area contributed by atoms with Gasteiger partial charge in [0, 0.05) is 32.3 Å². The molecule has 0 amide bonds. The zero-order valence-electron chi connectivity index (χ0n) is 9.94. The van der Waals surface area contributed by atoms with Gasteiger partial charge in [-0.3, -0.25) is 4.90 Å². The van der Waals surface area contributed by atoms with Gasteiger partial charge >= 0.3 is 0 Å². The highest BCUT2D eigenvalue weighted by molar-refractivity contribution is 5.20. The molecule has 1 aliphatic heterocycles. The Morgan fingerprint density at radius 3 is 3.00 bits per heavy atom. The highest BCUT2D eigenvalue weighted by Crippen LogP contribution is 2.21. The van der Waals surface area contributed by atoms with Gasteiger partial charge in [-0.15, -0.1) is 0 Å². The summed E-state index contributed by atoms with van der Waals surface area (Å²) in [6.45, 7) is 3.85. The summed E-state index contributed by atoms with van der Waals surface area (Å²) >= 11 is 0. The van der Waals surface area contributed by atoms with Crippen molar-refractivity contribution in [1.82, 2.24) is 4.90 Å². The van der Waals surface area contributed by atoms with E-state index in [-0.39, 0.29) is 11.9 Å². The molecule has 94 valence electrons. The molecular weight excluding hydrogens is 219 g/mol. The molecule has 17 heavy (non-hydrogen) atoms. The number of benzene rings is 1. The minimum atomic E-state index is -0.202. The summed E-state index contributed by atoms with van der Waals surface area (Å²) in [5.41, 5.74) is 6.78. The average molecular weight is 238 g/mol. The van der Waals surface area contributed by atoms with Crippen molar-refractivity contribution in [3.05, 3.63) is 35.6 Å². The van der Waals surface area contributed by atoms with E-state index in [1.807, 2.05) is 6.07 Å². The first-order valence-corrected chi connectivity index (χ1v) is 6.08. The Kier molecular flexibility index (Phi) is 4.48. The number of hydrogen-bond donors (Lipinski definition) is 1. The Morgan fingerprint density at radius 2 is 2.24 bits per heavy atom. The topological polar surface area (TPSA) is 38.5 Å². The van der Waals surface area contributed by atoms with Crippen molar-refractivity contribution in [3.8, 4) is 0 Å². The summed E-state index contributed by atoms with van der Waals surface area (Å²) in [7, 11) is 0. The van der Waals surface area contributed by atoms with E-state index in [1.165, 1.54) is 6.07 Å². The fraction of sp³-hybridized carbons (Fsp3) is 0.538. The van der Waals surface area contributed by atoms with Gasteiger partial charge in [0.1, 0.15) is 5.82 Å². The minimum absolute atomic E-state index is 0.0902. The standard InChI is InChI=1S/C13H19FN2O/c14-12-4-1-3-11(9-12)13(10-15)16-5-2-7-17-8-6-16/h1,3-4,9,13H,2,5-8,10,15H2. The molecular formula is C13H19FN2O. The molecule has 1 unspecified atom stereocenters. The van der Waals surface area contributed by atoms with E-state index in [9.17, 15) is 4.39 Å².